The fourth-order valence-electron chi connectivity index (χ4n) is 2.30. The number of hydrogen-bond acceptors (Lipinski definition) is 3. The molecular formula is C17H27N3. The first-order valence-electron chi connectivity index (χ1n) is 7.89. The number of aromatic nitrogens is 1. The van der Waals surface area contributed by atoms with Crippen molar-refractivity contribution in [3.8, 4) is 6.07 Å². The largest absolute Gasteiger partial charge is 0.370 e. The molecule has 0 unspecified atom stereocenters. The number of nitrogens with one attached hydrogen (secondary N) is 1. The van der Waals surface area contributed by atoms with Crippen molar-refractivity contribution < 1.29 is 0 Å². The Morgan fingerprint density at radius 2 is 1.70 bits per heavy atom. The molecule has 1 aromatic rings. The molecule has 1 rings (SSSR count). The van der Waals surface area contributed by atoms with E-state index in [4.69, 9.17) is 5.26 Å². The van der Waals surface area contributed by atoms with Crippen molar-refractivity contribution in [2.24, 2.45) is 0 Å². The van der Waals surface area contributed by atoms with Gasteiger partial charge in [0.15, 0.2) is 0 Å². The van der Waals surface area contributed by atoms with Gasteiger partial charge in [-0.15, -0.1) is 0 Å². The minimum atomic E-state index is 0.677. The van der Waals surface area contributed by atoms with Crippen LogP contribution < -0.4 is 5.32 Å². The Morgan fingerprint density at radius 1 is 1.05 bits per heavy atom. The molecule has 0 saturated carbocycles. The van der Waals surface area contributed by atoms with E-state index in [1.165, 1.54) is 51.4 Å². The summed E-state index contributed by atoms with van der Waals surface area (Å²) in [7, 11) is 0. The van der Waals surface area contributed by atoms with E-state index in [-0.39, 0.29) is 0 Å². The summed E-state index contributed by atoms with van der Waals surface area (Å²) in [5.41, 5.74) is 1.57. The van der Waals surface area contributed by atoms with Crippen molar-refractivity contribution in [2.75, 3.05) is 11.9 Å². The molecule has 0 bridgehead atoms. The van der Waals surface area contributed by atoms with Gasteiger partial charge in [0.05, 0.1) is 11.6 Å². The van der Waals surface area contributed by atoms with Crippen LogP contribution in [0.4, 0.5) is 5.82 Å². The molecule has 3 nitrogen and oxygen atoms in total. The lowest BCUT2D eigenvalue weighted by molar-refractivity contribution is 0.581. The normalized spacial score (nSPS) is 10.2. The van der Waals surface area contributed by atoms with Crippen molar-refractivity contribution in [3.63, 3.8) is 0 Å². The summed E-state index contributed by atoms with van der Waals surface area (Å²) in [6.45, 7) is 5.11. The molecule has 3 heteroatoms. The SMILES string of the molecule is CCCCCCCCCCNc1cc(C#N)cc(C)n1. The first kappa shape index (κ1) is 16.5. The Morgan fingerprint density at radius 3 is 2.35 bits per heavy atom. The van der Waals surface area contributed by atoms with Crippen LogP contribution in [0.5, 0.6) is 0 Å². The van der Waals surface area contributed by atoms with Gasteiger partial charge >= 0.3 is 0 Å². The molecule has 0 amide bonds. The molecule has 0 fully saturated rings. The summed E-state index contributed by atoms with van der Waals surface area (Å²) >= 11 is 0. The Hall–Kier alpha value is -1.56. The molecule has 0 saturated heterocycles. The summed E-state index contributed by atoms with van der Waals surface area (Å²) in [6, 6.07) is 5.79. The average Bonchev–Trinajstić information content (AvgIpc) is 2.45. The standard InChI is InChI=1S/C17H27N3/c1-3-4-5-6-7-8-9-10-11-19-17-13-16(14-18)12-15(2)20-17/h12-13H,3-11H2,1-2H3,(H,19,20). The van der Waals surface area contributed by atoms with Gasteiger partial charge in [0, 0.05) is 12.2 Å². The molecule has 0 aliphatic carbocycles. The van der Waals surface area contributed by atoms with Gasteiger partial charge in [-0.25, -0.2) is 4.98 Å². The second kappa shape index (κ2) is 10.3. The lowest BCUT2D eigenvalue weighted by Gasteiger charge is -2.07. The average molecular weight is 273 g/mol. The van der Waals surface area contributed by atoms with E-state index in [2.05, 4.69) is 23.3 Å². The molecule has 0 aliphatic heterocycles. The number of nitriles is 1. The number of pyridine rings is 1. The minimum absolute atomic E-state index is 0.677. The zero-order valence-corrected chi connectivity index (χ0v) is 12.9. The van der Waals surface area contributed by atoms with Crippen LogP contribution in [0, 0.1) is 18.3 Å². The molecular weight excluding hydrogens is 246 g/mol. The van der Waals surface area contributed by atoms with E-state index >= 15 is 0 Å². The fraction of sp³-hybridized carbons (Fsp3) is 0.647. The molecule has 0 aliphatic rings. The minimum Gasteiger partial charge on any atom is -0.370 e. The van der Waals surface area contributed by atoms with Crippen molar-refractivity contribution in [1.29, 1.82) is 5.26 Å². The molecule has 20 heavy (non-hydrogen) atoms. The van der Waals surface area contributed by atoms with Crippen LogP contribution in [0.25, 0.3) is 0 Å². The number of unbranched alkanes of at least 4 members (excludes halogenated alkanes) is 7. The number of aryl methyl sites for hydroxylation is 1. The highest BCUT2D eigenvalue weighted by atomic mass is 15.0. The van der Waals surface area contributed by atoms with Crippen molar-refractivity contribution in [1.82, 2.24) is 4.98 Å². The molecule has 0 aromatic carbocycles. The maximum absolute atomic E-state index is 8.91. The van der Waals surface area contributed by atoms with Crippen molar-refractivity contribution in [3.05, 3.63) is 23.4 Å². The highest BCUT2D eigenvalue weighted by Crippen LogP contribution is 2.11. The third-order valence-corrected chi connectivity index (χ3v) is 3.42. The summed E-state index contributed by atoms with van der Waals surface area (Å²) in [5.74, 6) is 0.824. The zero-order chi connectivity index (χ0) is 14.6. The summed E-state index contributed by atoms with van der Waals surface area (Å²) in [5, 5.41) is 12.2. The van der Waals surface area contributed by atoms with Crippen LogP contribution >= 0.6 is 0 Å². The van der Waals surface area contributed by atoms with Crippen molar-refractivity contribution in [2.45, 2.75) is 65.2 Å². The lowest BCUT2D eigenvalue weighted by Crippen LogP contribution is -2.04. The monoisotopic (exact) mass is 273 g/mol. The van der Waals surface area contributed by atoms with Gasteiger partial charge in [-0.05, 0) is 25.5 Å². The zero-order valence-electron chi connectivity index (χ0n) is 12.9. The number of rotatable bonds is 10. The maximum atomic E-state index is 8.91. The number of hydrogen-bond donors (Lipinski definition) is 1. The summed E-state index contributed by atoms with van der Waals surface area (Å²) < 4.78 is 0. The van der Waals surface area contributed by atoms with Crippen LogP contribution in [0.1, 0.15) is 69.5 Å². The summed E-state index contributed by atoms with van der Waals surface area (Å²) in [4.78, 5) is 4.39. The predicted molar refractivity (Wildman–Crippen MR) is 84.8 cm³/mol. The van der Waals surface area contributed by atoms with E-state index in [0.717, 1.165) is 18.1 Å². The molecule has 0 atom stereocenters. The van der Waals surface area contributed by atoms with Gasteiger partial charge < -0.3 is 5.32 Å². The number of nitrogens with zero attached hydrogens (tertiary/aromatic N) is 2. The smallest absolute Gasteiger partial charge is 0.127 e. The van der Waals surface area contributed by atoms with Crippen LogP contribution in [0.15, 0.2) is 12.1 Å². The molecule has 0 spiro atoms. The van der Waals surface area contributed by atoms with Gasteiger partial charge in [-0.1, -0.05) is 51.9 Å². The van der Waals surface area contributed by atoms with E-state index in [1.807, 2.05) is 19.1 Å². The first-order valence-corrected chi connectivity index (χ1v) is 7.89. The van der Waals surface area contributed by atoms with E-state index in [9.17, 15) is 0 Å². The van der Waals surface area contributed by atoms with Gasteiger partial charge in [0.1, 0.15) is 5.82 Å². The highest BCUT2D eigenvalue weighted by Gasteiger charge is 1.99. The van der Waals surface area contributed by atoms with E-state index in [0.29, 0.717) is 5.56 Å². The molecule has 1 N–H and O–H groups in total. The predicted octanol–water partition coefficient (Wildman–Crippen LogP) is 4.81. The maximum Gasteiger partial charge on any atom is 0.127 e. The molecule has 110 valence electrons. The van der Waals surface area contributed by atoms with Crippen LogP contribution in [0.3, 0.4) is 0 Å². The first-order chi connectivity index (χ1) is 9.76. The Kier molecular flexibility index (Phi) is 8.46. The lowest BCUT2D eigenvalue weighted by atomic mass is 10.1. The van der Waals surface area contributed by atoms with Crippen molar-refractivity contribution >= 4 is 5.82 Å². The third kappa shape index (κ3) is 7.13. The second-order valence-corrected chi connectivity index (χ2v) is 5.40. The van der Waals surface area contributed by atoms with E-state index in [1.54, 1.807) is 0 Å². The quantitative estimate of drug-likeness (QED) is 0.622. The summed E-state index contributed by atoms with van der Waals surface area (Å²) in [6.07, 6.45) is 10.6. The van der Waals surface area contributed by atoms with Gasteiger partial charge in [-0.2, -0.15) is 5.26 Å². The molecule has 1 heterocycles. The van der Waals surface area contributed by atoms with Gasteiger partial charge in [0.2, 0.25) is 0 Å². The number of anilines is 1. The van der Waals surface area contributed by atoms with Crippen LogP contribution in [-0.4, -0.2) is 11.5 Å². The Balaban J connectivity index is 2.10. The van der Waals surface area contributed by atoms with Gasteiger partial charge in [-0.3, -0.25) is 0 Å². The third-order valence-electron chi connectivity index (χ3n) is 3.42. The Bertz CT molecular complexity index is 421. The van der Waals surface area contributed by atoms with E-state index < -0.39 is 0 Å². The second-order valence-electron chi connectivity index (χ2n) is 5.40. The topological polar surface area (TPSA) is 48.7 Å². The Labute approximate surface area is 123 Å². The van der Waals surface area contributed by atoms with Gasteiger partial charge in [0.25, 0.3) is 0 Å². The highest BCUT2D eigenvalue weighted by molar-refractivity contribution is 5.44. The van der Waals surface area contributed by atoms with Crippen LogP contribution in [-0.2, 0) is 0 Å². The molecule has 1 aromatic heterocycles. The molecule has 0 radical (unpaired) electrons. The fourth-order valence-corrected chi connectivity index (χ4v) is 2.30. The van der Waals surface area contributed by atoms with Crippen LogP contribution in [0.2, 0.25) is 0 Å².